The summed E-state index contributed by atoms with van der Waals surface area (Å²) in [4.78, 5) is 16.9. The normalized spacial score (nSPS) is 17.6. The molecule has 140 valence electrons. The van der Waals surface area contributed by atoms with E-state index in [1.54, 1.807) is 0 Å². The zero-order valence-corrected chi connectivity index (χ0v) is 15.9. The van der Waals surface area contributed by atoms with Crippen LogP contribution in [-0.4, -0.2) is 47.2 Å². The predicted octanol–water partition coefficient (Wildman–Crippen LogP) is 3.11. The highest BCUT2D eigenvalue weighted by atomic mass is 16.2. The van der Waals surface area contributed by atoms with Gasteiger partial charge in [-0.2, -0.15) is 5.10 Å². The van der Waals surface area contributed by atoms with Crippen molar-refractivity contribution in [2.24, 2.45) is 0 Å². The molecule has 0 spiro atoms. The number of piperazine rings is 1. The average molecular weight is 362 g/mol. The van der Waals surface area contributed by atoms with Crippen molar-refractivity contribution in [3.63, 3.8) is 0 Å². The van der Waals surface area contributed by atoms with Crippen molar-refractivity contribution in [1.29, 1.82) is 0 Å². The summed E-state index contributed by atoms with van der Waals surface area (Å²) in [5, 5.41) is 8.88. The topological polar surface area (TPSA) is 49.3 Å². The molecule has 0 saturated carbocycles. The molecular formula is C22H26N4O. The van der Waals surface area contributed by atoms with Crippen LogP contribution in [0, 0.1) is 0 Å². The van der Waals surface area contributed by atoms with Crippen LogP contribution in [0.3, 0.4) is 0 Å². The Hall–Kier alpha value is -2.69. The monoisotopic (exact) mass is 362 g/mol. The Labute approximate surface area is 160 Å². The third kappa shape index (κ3) is 4.02. The number of hydrogen-bond acceptors (Lipinski definition) is 4. The molecule has 1 aromatic heterocycles. The minimum Gasteiger partial charge on any atom is -0.352 e. The Morgan fingerprint density at radius 3 is 2.52 bits per heavy atom. The molecule has 1 fully saturated rings. The van der Waals surface area contributed by atoms with Gasteiger partial charge in [-0.3, -0.25) is 4.79 Å². The van der Waals surface area contributed by atoms with E-state index in [0.29, 0.717) is 0 Å². The number of rotatable bonds is 3. The van der Waals surface area contributed by atoms with E-state index in [4.69, 9.17) is 0 Å². The largest absolute Gasteiger partial charge is 0.352 e. The minimum atomic E-state index is 0.120. The van der Waals surface area contributed by atoms with Crippen molar-refractivity contribution in [2.45, 2.75) is 32.6 Å². The van der Waals surface area contributed by atoms with Gasteiger partial charge < -0.3 is 9.80 Å². The van der Waals surface area contributed by atoms with E-state index < -0.39 is 0 Å². The number of amides is 1. The highest BCUT2D eigenvalue weighted by Crippen LogP contribution is 2.23. The molecule has 1 saturated heterocycles. The molecule has 0 radical (unpaired) electrons. The zero-order chi connectivity index (χ0) is 18.6. The van der Waals surface area contributed by atoms with Gasteiger partial charge >= 0.3 is 0 Å². The van der Waals surface area contributed by atoms with Crippen molar-refractivity contribution in [3.05, 3.63) is 58.8 Å². The highest BCUT2D eigenvalue weighted by molar-refractivity contribution is 5.97. The van der Waals surface area contributed by atoms with Gasteiger partial charge in [0, 0.05) is 31.8 Å². The van der Waals surface area contributed by atoms with E-state index in [1.807, 2.05) is 48.2 Å². The lowest BCUT2D eigenvalue weighted by molar-refractivity contribution is -0.127. The number of benzene rings is 1. The van der Waals surface area contributed by atoms with Crippen LogP contribution in [0.4, 0.5) is 5.82 Å². The second kappa shape index (κ2) is 7.91. The van der Waals surface area contributed by atoms with Gasteiger partial charge in [0.1, 0.15) is 0 Å². The predicted molar refractivity (Wildman–Crippen MR) is 108 cm³/mol. The lowest BCUT2D eigenvalue weighted by Crippen LogP contribution is -2.49. The van der Waals surface area contributed by atoms with Crippen LogP contribution in [0.5, 0.6) is 0 Å². The number of aryl methyl sites for hydroxylation is 2. The van der Waals surface area contributed by atoms with E-state index in [9.17, 15) is 4.79 Å². The van der Waals surface area contributed by atoms with Crippen LogP contribution >= 0.6 is 0 Å². The maximum atomic E-state index is 12.7. The second-order valence-corrected chi connectivity index (χ2v) is 7.40. The maximum absolute atomic E-state index is 12.7. The molecule has 2 heterocycles. The fraction of sp³-hybridized carbons (Fsp3) is 0.409. The quantitative estimate of drug-likeness (QED) is 0.787. The van der Waals surface area contributed by atoms with Gasteiger partial charge in [0.05, 0.1) is 5.69 Å². The molecule has 1 aliphatic carbocycles. The summed E-state index contributed by atoms with van der Waals surface area (Å²) >= 11 is 0. The first-order valence-electron chi connectivity index (χ1n) is 9.84. The molecule has 2 aromatic rings. The Kier molecular flexibility index (Phi) is 5.19. The maximum Gasteiger partial charge on any atom is 0.249 e. The molecule has 27 heavy (non-hydrogen) atoms. The molecule has 1 aromatic carbocycles. The summed E-state index contributed by atoms with van der Waals surface area (Å²) in [6.45, 7) is 4.95. The van der Waals surface area contributed by atoms with Gasteiger partial charge in [0.25, 0.3) is 0 Å². The SMILES string of the molecule is CC(=Cc1ccccc1)C(=O)N1CCN(c2cc3c(nn2)CCCC3)CC1. The fourth-order valence-electron chi connectivity index (χ4n) is 3.88. The number of hydrogen-bond donors (Lipinski definition) is 0. The molecule has 1 aliphatic heterocycles. The van der Waals surface area contributed by atoms with Gasteiger partial charge in [-0.15, -0.1) is 5.10 Å². The first kappa shape index (κ1) is 17.7. The molecule has 5 heteroatoms. The van der Waals surface area contributed by atoms with Crippen molar-refractivity contribution < 1.29 is 4.79 Å². The summed E-state index contributed by atoms with van der Waals surface area (Å²) in [5.41, 5.74) is 4.36. The van der Waals surface area contributed by atoms with E-state index in [0.717, 1.165) is 56.0 Å². The van der Waals surface area contributed by atoms with Crippen LogP contribution < -0.4 is 4.90 Å². The van der Waals surface area contributed by atoms with E-state index in [2.05, 4.69) is 21.2 Å². The van der Waals surface area contributed by atoms with E-state index in [-0.39, 0.29) is 5.91 Å². The molecular weight excluding hydrogens is 336 g/mol. The first-order valence-corrected chi connectivity index (χ1v) is 9.84. The molecule has 1 amide bonds. The zero-order valence-electron chi connectivity index (χ0n) is 15.9. The van der Waals surface area contributed by atoms with Crippen LogP contribution in [-0.2, 0) is 17.6 Å². The van der Waals surface area contributed by atoms with Gasteiger partial charge in [-0.25, -0.2) is 0 Å². The summed E-state index contributed by atoms with van der Waals surface area (Å²) in [6.07, 6.45) is 6.59. The third-order valence-electron chi connectivity index (χ3n) is 5.47. The number of carbonyl (C=O) groups excluding carboxylic acids is 1. The Morgan fingerprint density at radius 2 is 1.74 bits per heavy atom. The van der Waals surface area contributed by atoms with Crippen molar-refractivity contribution in [2.75, 3.05) is 31.1 Å². The fourth-order valence-corrected chi connectivity index (χ4v) is 3.88. The Balaban J connectivity index is 1.38. The highest BCUT2D eigenvalue weighted by Gasteiger charge is 2.24. The molecule has 0 atom stereocenters. The second-order valence-electron chi connectivity index (χ2n) is 7.40. The number of nitrogens with zero attached hydrogens (tertiary/aromatic N) is 4. The van der Waals surface area contributed by atoms with Gasteiger partial charge in [0.15, 0.2) is 5.82 Å². The van der Waals surface area contributed by atoms with Crippen LogP contribution in [0.15, 0.2) is 42.0 Å². The first-order chi connectivity index (χ1) is 13.2. The van der Waals surface area contributed by atoms with E-state index >= 15 is 0 Å². The molecule has 2 aliphatic rings. The number of aromatic nitrogens is 2. The average Bonchev–Trinajstić information content (AvgIpc) is 2.73. The lowest BCUT2D eigenvalue weighted by Gasteiger charge is -2.35. The Morgan fingerprint density at radius 1 is 1.00 bits per heavy atom. The molecule has 0 unspecified atom stereocenters. The van der Waals surface area contributed by atoms with Gasteiger partial charge in [0.2, 0.25) is 5.91 Å². The number of anilines is 1. The van der Waals surface area contributed by atoms with Crippen LogP contribution in [0.1, 0.15) is 36.6 Å². The van der Waals surface area contributed by atoms with Crippen LogP contribution in [0.2, 0.25) is 0 Å². The van der Waals surface area contributed by atoms with Crippen molar-refractivity contribution in [3.8, 4) is 0 Å². The van der Waals surface area contributed by atoms with Gasteiger partial charge in [-0.1, -0.05) is 30.3 Å². The number of fused-ring (bicyclic) bond motifs is 1. The lowest BCUT2D eigenvalue weighted by atomic mass is 9.97. The number of carbonyl (C=O) groups is 1. The summed E-state index contributed by atoms with van der Waals surface area (Å²) < 4.78 is 0. The smallest absolute Gasteiger partial charge is 0.249 e. The Bertz CT molecular complexity index is 839. The molecule has 0 N–H and O–H groups in total. The van der Waals surface area contributed by atoms with Crippen LogP contribution in [0.25, 0.3) is 6.08 Å². The summed E-state index contributed by atoms with van der Waals surface area (Å²) in [5.74, 6) is 1.08. The van der Waals surface area contributed by atoms with Gasteiger partial charge in [-0.05, 0) is 55.9 Å². The van der Waals surface area contributed by atoms with E-state index in [1.165, 1.54) is 24.1 Å². The van der Waals surface area contributed by atoms with Crippen molar-refractivity contribution in [1.82, 2.24) is 15.1 Å². The molecule has 4 rings (SSSR count). The third-order valence-corrected chi connectivity index (χ3v) is 5.47. The molecule has 5 nitrogen and oxygen atoms in total. The summed E-state index contributed by atoms with van der Waals surface area (Å²) in [6, 6.07) is 12.2. The minimum absolute atomic E-state index is 0.120. The molecule has 0 bridgehead atoms. The standard InChI is InChI=1S/C22H26N4O/c1-17(15-18-7-3-2-4-8-18)22(27)26-13-11-25(12-14-26)21-16-19-9-5-6-10-20(19)23-24-21/h2-4,7-8,15-16H,5-6,9-14H2,1H3. The summed E-state index contributed by atoms with van der Waals surface area (Å²) in [7, 11) is 0. The van der Waals surface area contributed by atoms with Crippen molar-refractivity contribution >= 4 is 17.8 Å².